The molecule has 0 unspecified atom stereocenters. The molecule has 1 aromatic rings. The summed E-state index contributed by atoms with van der Waals surface area (Å²) in [5.41, 5.74) is 0.181. The van der Waals surface area contributed by atoms with Crippen molar-refractivity contribution in [2.75, 3.05) is 6.61 Å². The molecular weight excluding hydrogens is 246 g/mol. The van der Waals surface area contributed by atoms with Crippen LogP contribution in [0.2, 0.25) is 0 Å². The van der Waals surface area contributed by atoms with Gasteiger partial charge in [-0.2, -0.15) is 0 Å². The topological polar surface area (TPSA) is 69.9 Å². The molecule has 0 aromatic heterocycles. The van der Waals surface area contributed by atoms with Gasteiger partial charge in [0.05, 0.1) is 6.61 Å². The Morgan fingerprint density at radius 3 is 2.39 bits per heavy atom. The zero-order valence-corrected chi connectivity index (χ0v) is 9.68. The number of halogens is 2. The maximum Gasteiger partial charge on any atom is 0.132 e. The number of aliphatic hydroxyl groups excluding tert-OH is 3. The third-order valence-corrected chi connectivity index (χ3v) is 3.13. The molecule has 4 atom stereocenters. The summed E-state index contributed by atoms with van der Waals surface area (Å²) in [5.74, 6) is -1.55. The van der Waals surface area contributed by atoms with E-state index in [-0.39, 0.29) is 11.1 Å². The molecule has 6 heteroatoms. The average Bonchev–Trinajstić information content (AvgIpc) is 2.61. The van der Waals surface area contributed by atoms with Crippen LogP contribution in [0.3, 0.4) is 0 Å². The summed E-state index contributed by atoms with van der Waals surface area (Å²) in [5, 5.41) is 28.3. The van der Waals surface area contributed by atoms with Crippen LogP contribution in [0.15, 0.2) is 12.1 Å². The van der Waals surface area contributed by atoms with Crippen LogP contribution in [0.4, 0.5) is 8.78 Å². The van der Waals surface area contributed by atoms with Crippen molar-refractivity contribution in [2.45, 2.75) is 31.3 Å². The van der Waals surface area contributed by atoms with E-state index in [1.54, 1.807) is 0 Å². The number of ether oxygens (including phenoxy) is 1. The average molecular weight is 260 g/mol. The fourth-order valence-corrected chi connectivity index (χ4v) is 2.05. The van der Waals surface area contributed by atoms with Crippen LogP contribution < -0.4 is 0 Å². The molecular formula is C12H14F2O4. The van der Waals surface area contributed by atoms with Crippen LogP contribution in [-0.2, 0) is 4.74 Å². The van der Waals surface area contributed by atoms with E-state index in [0.717, 1.165) is 0 Å². The Morgan fingerprint density at radius 1 is 1.17 bits per heavy atom. The van der Waals surface area contributed by atoms with Crippen LogP contribution in [0.1, 0.15) is 17.2 Å². The molecule has 1 aliphatic heterocycles. The Balaban J connectivity index is 2.35. The summed E-state index contributed by atoms with van der Waals surface area (Å²) in [6, 6.07) is 1.93. The van der Waals surface area contributed by atoms with E-state index in [1.165, 1.54) is 13.0 Å². The first-order valence-corrected chi connectivity index (χ1v) is 5.53. The molecule has 1 saturated heterocycles. The molecule has 2 rings (SSSR count). The highest BCUT2D eigenvalue weighted by Gasteiger charge is 2.44. The molecule has 0 amide bonds. The highest BCUT2D eigenvalue weighted by molar-refractivity contribution is 5.29. The van der Waals surface area contributed by atoms with Crippen molar-refractivity contribution in [1.29, 1.82) is 0 Å². The minimum absolute atomic E-state index is 0.0311. The van der Waals surface area contributed by atoms with Gasteiger partial charge in [0.25, 0.3) is 0 Å². The van der Waals surface area contributed by atoms with Crippen LogP contribution in [0.5, 0.6) is 0 Å². The number of hydrogen-bond acceptors (Lipinski definition) is 4. The van der Waals surface area contributed by atoms with Gasteiger partial charge in [0.2, 0.25) is 0 Å². The number of rotatable bonds is 2. The zero-order chi connectivity index (χ0) is 13.4. The van der Waals surface area contributed by atoms with Gasteiger partial charge in [0.15, 0.2) is 0 Å². The van der Waals surface area contributed by atoms with Gasteiger partial charge in [-0.05, 0) is 18.6 Å². The first kappa shape index (κ1) is 13.4. The zero-order valence-electron chi connectivity index (χ0n) is 9.68. The van der Waals surface area contributed by atoms with Crippen molar-refractivity contribution >= 4 is 0 Å². The third kappa shape index (κ3) is 2.12. The smallest absolute Gasteiger partial charge is 0.132 e. The van der Waals surface area contributed by atoms with Crippen molar-refractivity contribution in [3.63, 3.8) is 0 Å². The molecule has 4 nitrogen and oxygen atoms in total. The minimum atomic E-state index is -1.36. The van der Waals surface area contributed by atoms with Crippen molar-refractivity contribution in [3.8, 4) is 0 Å². The SMILES string of the molecule is Cc1cc([C@@H]2O[C@H](CO)[C@@H](O)[C@H]2O)c(F)cc1F. The lowest BCUT2D eigenvalue weighted by molar-refractivity contribution is -0.0237. The first-order valence-electron chi connectivity index (χ1n) is 5.53. The quantitative estimate of drug-likeness (QED) is 0.721. The summed E-state index contributed by atoms with van der Waals surface area (Å²) >= 11 is 0. The molecule has 0 saturated carbocycles. The van der Waals surface area contributed by atoms with Crippen LogP contribution in [0, 0.1) is 18.6 Å². The Hall–Kier alpha value is -1.08. The largest absolute Gasteiger partial charge is 0.394 e. The molecule has 0 radical (unpaired) electrons. The number of aryl methyl sites for hydroxylation is 1. The first-order chi connectivity index (χ1) is 8.45. The van der Waals surface area contributed by atoms with E-state index in [4.69, 9.17) is 9.84 Å². The number of benzene rings is 1. The summed E-state index contributed by atoms with van der Waals surface area (Å²) in [7, 11) is 0. The van der Waals surface area contributed by atoms with E-state index in [0.29, 0.717) is 6.07 Å². The lowest BCUT2D eigenvalue weighted by atomic mass is 9.99. The van der Waals surface area contributed by atoms with Crippen LogP contribution in [0.25, 0.3) is 0 Å². The second-order valence-corrected chi connectivity index (χ2v) is 4.38. The second-order valence-electron chi connectivity index (χ2n) is 4.38. The molecule has 0 aliphatic carbocycles. The Labute approximate surface area is 102 Å². The van der Waals surface area contributed by atoms with Crippen molar-refractivity contribution < 1.29 is 28.8 Å². The molecule has 18 heavy (non-hydrogen) atoms. The van der Waals surface area contributed by atoms with Crippen molar-refractivity contribution in [3.05, 3.63) is 34.9 Å². The Morgan fingerprint density at radius 2 is 1.83 bits per heavy atom. The minimum Gasteiger partial charge on any atom is -0.394 e. The van der Waals surface area contributed by atoms with E-state index in [9.17, 15) is 19.0 Å². The molecule has 100 valence electrons. The van der Waals surface area contributed by atoms with E-state index < -0.39 is 42.7 Å². The molecule has 1 aromatic carbocycles. The lowest BCUT2D eigenvalue weighted by Crippen LogP contribution is -2.32. The summed E-state index contributed by atoms with van der Waals surface area (Å²) in [4.78, 5) is 0. The molecule has 1 aliphatic rings. The van der Waals surface area contributed by atoms with Gasteiger partial charge in [-0.3, -0.25) is 0 Å². The summed E-state index contributed by atoms with van der Waals surface area (Å²) in [6.07, 6.45) is -4.75. The molecule has 0 spiro atoms. The monoisotopic (exact) mass is 260 g/mol. The highest BCUT2D eigenvalue weighted by Crippen LogP contribution is 2.35. The van der Waals surface area contributed by atoms with Crippen molar-refractivity contribution in [1.82, 2.24) is 0 Å². The normalized spacial score (nSPS) is 31.9. The molecule has 0 bridgehead atoms. The van der Waals surface area contributed by atoms with E-state index in [2.05, 4.69) is 0 Å². The Kier molecular flexibility index (Phi) is 3.63. The standard InChI is InChI=1S/C12H14F2O4/c1-5-2-6(8(14)3-7(5)13)12-11(17)10(16)9(4-15)18-12/h2-3,9-12,15-17H,4H2,1H3/t9-,10-,11-,12+/m1/s1. The highest BCUT2D eigenvalue weighted by atomic mass is 19.1. The molecule has 1 heterocycles. The molecule has 1 fully saturated rings. The van der Waals surface area contributed by atoms with Gasteiger partial charge < -0.3 is 20.1 Å². The molecule has 3 N–H and O–H groups in total. The fourth-order valence-electron chi connectivity index (χ4n) is 2.05. The lowest BCUT2D eigenvalue weighted by Gasteiger charge is -2.16. The van der Waals surface area contributed by atoms with Gasteiger partial charge in [0.1, 0.15) is 36.1 Å². The summed E-state index contributed by atoms with van der Waals surface area (Å²) in [6.45, 7) is 0.968. The third-order valence-electron chi connectivity index (χ3n) is 3.13. The maximum atomic E-state index is 13.6. The van der Waals surface area contributed by atoms with E-state index in [1.807, 2.05) is 0 Å². The summed E-state index contributed by atoms with van der Waals surface area (Å²) < 4.78 is 32.0. The predicted molar refractivity (Wildman–Crippen MR) is 57.8 cm³/mol. The van der Waals surface area contributed by atoms with Crippen molar-refractivity contribution in [2.24, 2.45) is 0 Å². The number of hydrogen-bond donors (Lipinski definition) is 3. The van der Waals surface area contributed by atoms with Gasteiger partial charge in [-0.1, -0.05) is 0 Å². The second kappa shape index (κ2) is 4.89. The van der Waals surface area contributed by atoms with Gasteiger partial charge in [-0.15, -0.1) is 0 Å². The van der Waals surface area contributed by atoms with Gasteiger partial charge >= 0.3 is 0 Å². The Bertz CT molecular complexity index is 452. The van der Waals surface area contributed by atoms with Gasteiger partial charge in [0, 0.05) is 11.6 Å². The van der Waals surface area contributed by atoms with Gasteiger partial charge in [-0.25, -0.2) is 8.78 Å². The predicted octanol–water partition coefficient (Wildman–Crippen LogP) is 0.427. The van der Waals surface area contributed by atoms with Crippen LogP contribution >= 0.6 is 0 Å². The maximum absolute atomic E-state index is 13.6. The fraction of sp³-hybridized carbons (Fsp3) is 0.500. The van der Waals surface area contributed by atoms with Crippen LogP contribution in [-0.4, -0.2) is 40.2 Å². The van der Waals surface area contributed by atoms with E-state index >= 15 is 0 Å². The number of aliphatic hydroxyl groups is 3.